The van der Waals surface area contributed by atoms with Gasteiger partial charge in [0.1, 0.15) is 17.5 Å². The summed E-state index contributed by atoms with van der Waals surface area (Å²) in [5.41, 5.74) is 1.75. The monoisotopic (exact) mass is 409 g/mol. The highest BCUT2D eigenvalue weighted by atomic mass is 32.2. The quantitative estimate of drug-likeness (QED) is 0.723. The smallest absolute Gasteiger partial charge is 0.329 e. The molecular formula is C21H19N3O4S. The summed E-state index contributed by atoms with van der Waals surface area (Å²) in [6.07, 6.45) is 2.26. The number of piperidine rings is 1. The molecule has 1 fully saturated rings. The number of likely N-dealkylation sites (tertiary alicyclic amines) is 1. The van der Waals surface area contributed by atoms with Gasteiger partial charge in [0.2, 0.25) is 0 Å². The number of amidine groups is 1. The number of hydrogen-bond donors (Lipinski definition) is 0. The van der Waals surface area contributed by atoms with Gasteiger partial charge in [-0.25, -0.2) is 4.79 Å². The molecule has 0 N–H and O–H groups in total. The lowest BCUT2D eigenvalue weighted by atomic mass is 10.0. The third-order valence-electron chi connectivity index (χ3n) is 5.10. The maximum atomic E-state index is 12.8. The predicted octanol–water partition coefficient (Wildman–Crippen LogP) is 2.61. The summed E-state index contributed by atoms with van der Waals surface area (Å²) in [4.78, 5) is 14.8. The molecule has 2 aliphatic heterocycles. The van der Waals surface area contributed by atoms with Crippen LogP contribution in [0.4, 0.5) is 0 Å². The van der Waals surface area contributed by atoms with Gasteiger partial charge in [0.15, 0.2) is 5.84 Å². The van der Waals surface area contributed by atoms with E-state index in [1.807, 2.05) is 0 Å². The number of carbonyl (C=O) groups is 1. The second-order valence-electron chi connectivity index (χ2n) is 7.01. The van der Waals surface area contributed by atoms with Gasteiger partial charge in [0.25, 0.3) is 10.0 Å². The van der Waals surface area contributed by atoms with Crippen LogP contribution in [0.3, 0.4) is 0 Å². The van der Waals surface area contributed by atoms with Gasteiger partial charge in [0, 0.05) is 12.1 Å². The minimum atomic E-state index is -3.75. The molecule has 1 saturated heterocycles. The molecule has 0 bridgehead atoms. The molecule has 2 heterocycles. The van der Waals surface area contributed by atoms with Gasteiger partial charge in [-0.2, -0.15) is 13.7 Å². The largest absolute Gasteiger partial charge is 0.459 e. The number of fused-ring (bicyclic) bond motifs is 1. The van der Waals surface area contributed by atoms with E-state index in [0.717, 1.165) is 18.4 Å². The first-order chi connectivity index (χ1) is 14.0. The van der Waals surface area contributed by atoms with E-state index in [9.17, 15) is 13.2 Å². The van der Waals surface area contributed by atoms with Crippen LogP contribution in [0.1, 0.15) is 36.0 Å². The molecule has 0 amide bonds. The molecule has 1 atom stereocenters. The van der Waals surface area contributed by atoms with Crippen LogP contribution in [0.2, 0.25) is 0 Å². The average molecular weight is 409 g/mol. The van der Waals surface area contributed by atoms with Crippen molar-refractivity contribution in [1.29, 1.82) is 5.26 Å². The van der Waals surface area contributed by atoms with Crippen molar-refractivity contribution in [2.45, 2.75) is 36.8 Å². The van der Waals surface area contributed by atoms with Gasteiger partial charge < -0.3 is 9.64 Å². The Balaban J connectivity index is 1.55. The number of nitriles is 1. The van der Waals surface area contributed by atoms with E-state index in [4.69, 9.17) is 10.00 Å². The fourth-order valence-corrected chi connectivity index (χ4v) is 4.92. The number of benzene rings is 2. The Bertz CT molecular complexity index is 1130. The van der Waals surface area contributed by atoms with Crippen molar-refractivity contribution in [3.63, 3.8) is 0 Å². The lowest BCUT2D eigenvalue weighted by molar-refractivity contribution is -0.150. The molecule has 2 aromatic carbocycles. The van der Waals surface area contributed by atoms with Crippen molar-refractivity contribution >= 4 is 21.8 Å². The second kappa shape index (κ2) is 7.68. The van der Waals surface area contributed by atoms with Gasteiger partial charge in [0.05, 0.1) is 11.6 Å². The lowest BCUT2D eigenvalue weighted by Crippen LogP contribution is -2.48. The number of carbonyl (C=O) groups excluding carboxylic acids is 1. The van der Waals surface area contributed by atoms with E-state index < -0.39 is 22.0 Å². The zero-order valence-electron chi connectivity index (χ0n) is 15.6. The zero-order valence-corrected chi connectivity index (χ0v) is 16.4. The van der Waals surface area contributed by atoms with Gasteiger partial charge in [-0.15, -0.1) is 4.40 Å². The summed E-state index contributed by atoms with van der Waals surface area (Å²) < 4.78 is 34.3. The molecule has 0 unspecified atom stereocenters. The zero-order chi connectivity index (χ0) is 20.4. The first kappa shape index (κ1) is 19.2. The molecule has 7 nitrogen and oxygen atoms in total. The fraction of sp³-hybridized carbons (Fsp3) is 0.286. The molecule has 148 valence electrons. The van der Waals surface area contributed by atoms with E-state index >= 15 is 0 Å². The second-order valence-corrected chi connectivity index (χ2v) is 8.58. The van der Waals surface area contributed by atoms with Crippen LogP contribution in [0.25, 0.3) is 0 Å². The average Bonchev–Trinajstić information content (AvgIpc) is 3.03. The molecular weight excluding hydrogens is 390 g/mol. The fourth-order valence-electron chi connectivity index (χ4n) is 3.71. The summed E-state index contributed by atoms with van der Waals surface area (Å²) in [5, 5.41) is 9.00. The molecule has 0 spiro atoms. The number of sulfonamides is 1. The van der Waals surface area contributed by atoms with Crippen LogP contribution in [-0.2, 0) is 26.2 Å². The van der Waals surface area contributed by atoms with E-state index in [2.05, 4.69) is 10.5 Å². The SMILES string of the molecule is N#Cc1cccc(COC(=O)[C@H]2CCCCN2C2=NS(=O)(=O)c3ccccc32)c1. The first-order valence-electron chi connectivity index (χ1n) is 9.36. The van der Waals surface area contributed by atoms with Crippen LogP contribution in [0.15, 0.2) is 57.8 Å². The molecule has 2 aliphatic rings. The predicted molar refractivity (Wildman–Crippen MR) is 105 cm³/mol. The Morgan fingerprint density at radius 3 is 2.86 bits per heavy atom. The molecule has 0 saturated carbocycles. The van der Waals surface area contributed by atoms with Gasteiger partial charge in [-0.05, 0) is 49.1 Å². The Morgan fingerprint density at radius 1 is 1.21 bits per heavy atom. The van der Waals surface area contributed by atoms with Crippen LogP contribution in [0.5, 0.6) is 0 Å². The van der Waals surface area contributed by atoms with Gasteiger partial charge in [-0.1, -0.05) is 24.3 Å². The van der Waals surface area contributed by atoms with E-state index in [1.54, 1.807) is 47.4 Å². The van der Waals surface area contributed by atoms with Crippen molar-refractivity contribution in [1.82, 2.24) is 4.90 Å². The molecule has 2 aromatic rings. The molecule has 29 heavy (non-hydrogen) atoms. The summed E-state index contributed by atoms with van der Waals surface area (Å²) in [5.74, 6) is -0.106. The Labute approximate surface area is 169 Å². The highest BCUT2D eigenvalue weighted by Gasteiger charge is 2.38. The van der Waals surface area contributed by atoms with Crippen molar-refractivity contribution in [3.8, 4) is 6.07 Å². The van der Waals surface area contributed by atoms with E-state index in [0.29, 0.717) is 29.9 Å². The number of hydrogen-bond acceptors (Lipinski definition) is 6. The van der Waals surface area contributed by atoms with E-state index in [1.165, 1.54) is 6.07 Å². The number of rotatable bonds is 3. The third kappa shape index (κ3) is 3.74. The van der Waals surface area contributed by atoms with Crippen LogP contribution < -0.4 is 0 Å². The maximum absolute atomic E-state index is 12.8. The Hall–Kier alpha value is -3.18. The Kier molecular flexibility index (Phi) is 5.07. The first-order valence-corrected chi connectivity index (χ1v) is 10.8. The molecule has 0 aromatic heterocycles. The Morgan fingerprint density at radius 2 is 2.03 bits per heavy atom. The summed E-state index contributed by atoms with van der Waals surface area (Å²) in [7, 11) is -3.75. The summed E-state index contributed by atoms with van der Waals surface area (Å²) >= 11 is 0. The van der Waals surface area contributed by atoms with Crippen molar-refractivity contribution in [2.75, 3.05) is 6.54 Å². The van der Waals surface area contributed by atoms with Crippen LogP contribution in [0, 0.1) is 11.3 Å². The normalized spacial score (nSPS) is 19.8. The summed E-state index contributed by atoms with van der Waals surface area (Å²) in [6.45, 7) is 0.590. The van der Waals surface area contributed by atoms with Crippen molar-refractivity contribution < 1.29 is 17.9 Å². The number of nitrogens with zero attached hydrogens (tertiary/aromatic N) is 3. The standard InChI is InChI=1S/C21H19N3O4S/c22-13-15-6-5-7-16(12-15)14-28-21(25)18-9-3-4-11-24(18)20-17-8-1-2-10-19(17)29(26,27)23-20/h1-2,5-8,10,12,18H,3-4,9,11,14H2/t18-/m1/s1. The van der Waals surface area contributed by atoms with Crippen molar-refractivity contribution in [2.24, 2.45) is 4.40 Å². The third-order valence-corrected chi connectivity index (χ3v) is 6.42. The summed E-state index contributed by atoms with van der Waals surface area (Å²) in [6, 6.07) is 15.0. The highest BCUT2D eigenvalue weighted by molar-refractivity contribution is 7.90. The van der Waals surface area contributed by atoms with Gasteiger partial charge in [-0.3, -0.25) is 0 Å². The molecule has 4 rings (SSSR count). The van der Waals surface area contributed by atoms with Crippen LogP contribution >= 0.6 is 0 Å². The lowest BCUT2D eigenvalue weighted by Gasteiger charge is -2.35. The van der Waals surface area contributed by atoms with E-state index in [-0.39, 0.29) is 11.5 Å². The number of ether oxygens (including phenoxy) is 1. The number of esters is 1. The molecule has 8 heteroatoms. The molecule has 0 radical (unpaired) electrons. The minimum Gasteiger partial charge on any atom is -0.459 e. The van der Waals surface area contributed by atoms with Crippen molar-refractivity contribution in [3.05, 3.63) is 65.2 Å². The van der Waals surface area contributed by atoms with Crippen LogP contribution in [-0.4, -0.2) is 37.7 Å². The maximum Gasteiger partial charge on any atom is 0.329 e. The van der Waals surface area contributed by atoms with Gasteiger partial charge >= 0.3 is 5.97 Å². The highest BCUT2D eigenvalue weighted by Crippen LogP contribution is 2.31. The minimum absolute atomic E-state index is 0.0556. The topological polar surface area (TPSA) is 99.8 Å². The molecule has 0 aliphatic carbocycles.